The topological polar surface area (TPSA) is 27.7 Å². The molecule has 0 amide bonds. The van der Waals surface area contributed by atoms with Gasteiger partial charge in [0.25, 0.3) is 0 Å². The quantitative estimate of drug-likeness (QED) is 0.451. The highest BCUT2D eigenvalue weighted by molar-refractivity contribution is 5.13. The molecule has 1 rings (SSSR count). The van der Waals surface area contributed by atoms with Gasteiger partial charge >= 0.3 is 0 Å². The van der Waals surface area contributed by atoms with Crippen LogP contribution in [0.15, 0.2) is 30.3 Å². The van der Waals surface area contributed by atoms with Gasteiger partial charge in [-0.25, -0.2) is 0 Å². The van der Waals surface area contributed by atoms with Crippen LogP contribution in [-0.4, -0.2) is 26.1 Å². The fourth-order valence-electron chi connectivity index (χ4n) is 1.87. The van der Waals surface area contributed by atoms with E-state index in [1.165, 1.54) is 5.56 Å². The fourth-order valence-corrected chi connectivity index (χ4v) is 1.87. The summed E-state index contributed by atoms with van der Waals surface area (Å²) in [4.78, 5) is 0. The van der Waals surface area contributed by atoms with Crippen molar-refractivity contribution in [2.45, 2.75) is 46.0 Å². The van der Waals surface area contributed by atoms with Gasteiger partial charge in [0.1, 0.15) is 0 Å². The van der Waals surface area contributed by atoms with Crippen molar-refractivity contribution in [2.75, 3.05) is 19.8 Å². The zero-order valence-corrected chi connectivity index (χ0v) is 12.1. The summed E-state index contributed by atoms with van der Waals surface area (Å²) >= 11 is 0. The molecule has 0 aliphatic heterocycles. The van der Waals surface area contributed by atoms with Gasteiger partial charge in [-0.2, -0.15) is 0 Å². The molecule has 19 heavy (non-hydrogen) atoms. The van der Waals surface area contributed by atoms with Crippen molar-refractivity contribution in [3.8, 4) is 0 Å². The molecule has 0 saturated carbocycles. The molecule has 0 N–H and O–H groups in total. The van der Waals surface area contributed by atoms with E-state index >= 15 is 0 Å². The van der Waals surface area contributed by atoms with Crippen LogP contribution in [0.1, 0.15) is 38.7 Å². The Morgan fingerprint density at radius 2 is 1.63 bits per heavy atom. The van der Waals surface area contributed by atoms with E-state index in [4.69, 9.17) is 14.2 Å². The smallest absolute Gasteiger partial charge is 0.157 e. The summed E-state index contributed by atoms with van der Waals surface area (Å²) in [6, 6.07) is 10.3. The third-order valence-electron chi connectivity index (χ3n) is 2.80. The molecule has 3 nitrogen and oxygen atoms in total. The standard InChI is InChI=1S/C16H26O3/c1-3-18-16(19-4-2)12-8-9-13-17-14-15-10-6-5-7-11-15/h5-7,10-11,16H,3-4,8-9,12-14H2,1-2H3. The van der Waals surface area contributed by atoms with Crippen LogP contribution in [0.25, 0.3) is 0 Å². The fraction of sp³-hybridized carbons (Fsp3) is 0.625. The molecule has 0 unspecified atom stereocenters. The lowest BCUT2D eigenvalue weighted by Crippen LogP contribution is -2.17. The molecule has 0 atom stereocenters. The molecule has 0 heterocycles. The van der Waals surface area contributed by atoms with E-state index in [-0.39, 0.29) is 6.29 Å². The molecule has 0 spiro atoms. The Kier molecular flexibility index (Phi) is 9.33. The van der Waals surface area contributed by atoms with Gasteiger partial charge in [-0.1, -0.05) is 30.3 Å². The van der Waals surface area contributed by atoms with Gasteiger partial charge in [0, 0.05) is 19.8 Å². The van der Waals surface area contributed by atoms with Crippen molar-refractivity contribution < 1.29 is 14.2 Å². The summed E-state index contributed by atoms with van der Waals surface area (Å²) in [5.41, 5.74) is 1.23. The maximum atomic E-state index is 5.64. The van der Waals surface area contributed by atoms with Crippen LogP contribution in [0.3, 0.4) is 0 Å². The average molecular weight is 266 g/mol. The van der Waals surface area contributed by atoms with Gasteiger partial charge in [0.15, 0.2) is 6.29 Å². The Morgan fingerprint density at radius 3 is 2.26 bits per heavy atom. The van der Waals surface area contributed by atoms with Gasteiger partial charge in [0.2, 0.25) is 0 Å². The molecule has 0 aliphatic carbocycles. The second kappa shape index (κ2) is 11.0. The first-order chi connectivity index (χ1) is 9.36. The van der Waals surface area contributed by atoms with Crippen molar-refractivity contribution in [1.82, 2.24) is 0 Å². The number of hydrogen-bond donors (Lipinski definition) is 0. The molecule has 3 heteroatoms. The highest BCUT2D eigenvalue weighted by Gasteiger charge is 2.06. The maximum absolute atomic E-state index is 5.64. The number of rotatable bonds is 11. The lowest BCUT2D eigenvalue weighted by Gasteiger charge is -2.16. The second-order valence-corrected chi connectivity index (χ2v) is 4.37. The molecule has 0 fully saturated rings. The third kappa shape index (κ3) is 7.98. The summed E-state index contributed by atoms with van der Waals surface area (Å²) in [7, 11) is 0. The molecule has 0 aromatic heterocycles. The number of benzene rings is 1. The van der Waals surface area contributed by atoms with E-state index in [0.717, 1.165) is 25.9 Å². The molecule has 0 radical (unpaired) electrons. The number of hydrogen-bond acceptors (Lipinski definition) is 3. The molecular formula is C16H26O3. The molecule has 1 aromatic carbocycles. The predicted octanol–water partition coefficient (Wildman–Crippen LogP) is 3.77. The van der Waals surface area contributed by atoms with Crippen LogP contribution in [0, 0.1) is 0 Å². The molecule has 0 aliphatic rings. The molecular weight excluding hydrogens is 240 g/mol. The molecule has 108 valence electrons. The summed E-state index contributed by atoms with van der Waals surface area (Å²) in [6.07, 6.45) is 3.00. The summed E-state index contributed by atoms with van der Waals surface area (Å²) < 4.78 is 16.6. The highest BCUT2D eigenvalue weighted by atomic mass is 16.7. The van der Waals surface area contributed by atoms with E-state index in [2.05, 4.69) is 12.1 Å². The minimum atomic E-state index is -0.0517. The second-order valence-electron chi connectivity index (χ2n) is 4.37. The first-order valence-corrected chi connectivity index (χ1v) is 7.21. The first kappa shape index (κ1) is 16.2. The third-order valence-corrected chi connectivity index (χ3v) is 2.80. The highest BCUT2D eigenvalue weighted by Crippen LogP contribution is 2.08. The Hall–Kier alpha value is -0.900. The summed E-state index contributed by atoms with van der Waals surface area (Å²) in [5, 5.41) is 0. The van der Waals surface area contributed by atoms with Crippen molar-refractivity contribution in [2.24, 2.45) is 0 Å². The van der Waals surface area contributed by atoms with E-state index in [1.807, 2.05) is 32.0 Å². The molecule has 0 saturated heterocycles. The summed E-state index contributed by atoms with van der Waals surface area (Å²) in [5.74, 6) is 0. The zero-order chi connectivity index (χ0) is 13.8. The van der Waals surface area contributed by atoms with Gasteiger partial charge in [-0.05, 0) is 38.7 Å². The lowest BCUT2D eigenvalue weighted by atomic mass is 10.2. The van der Waals surface area contributed by atoms with Crippen LogP contribution in [-0.2, 0) is 20.8 Å². The Morgan fingerprint density at radius 1 is 0.947 bits per heavy atom. The largest absolute Gasteiger partial charge is 0.377 e. The van der Waals surface area contributed by atoms with Crippen LogP contribution in [0.5, 0.6) is 0 Å². The Labute approximate surface area is 116 Å². The Balaban J connectivity index is 2.01. The van der Waals surface area contributed by atoms with Crippen LogP contribution in [0.4, 0.5) is 0 Å². The van der Waals surface area contributed by atoms with Gasteiger partial charge in [0.05, 0.1) is 6.61 Å². The van der Waals surface area contributed by atoms with Crippen molar-refractivity contribution in [3.05, 3.63) is 35.9 Å². The van der Waals surface area contributed by atoms with Gasteiger partial charge in [-0.15, -0.1) is 0 Å². The van der Waals surface area contributed by atoms with Crippen molar-refractivity contribution in [3.63, 3.8) is 0 Å². The van der Waals surface area contributed by atoms with Crippen LogP contribution < -0.4 is 0 Å². The van der Waals surface area contributed by atoms with E-state index in [9.17, 15) is 0 Å². The normalized spacial score (nSPS) is 11.1. The molecule has 1 aromatic rings. The summed E-state index contributed by atoms with van der Waals surface area (Å²) in [6.45, 7) is 6.88. The zero-order valence-electron chi connectivity index (χ0n) is 12.1. The SMILES string of the molecule is CCOC(CCCCOCc1ccccc1)OCC. The van der Waals surface area contributed by atoms with E-state index in [0.29, 0.717) is 19.8 Å². The van der Waals surface area contributed by atoms with E-state index in [1.54, 1.807) is 0 Å². The average Bonchev–Trinajstić information content (AvgIpc) is 2.44. The molecule has 0 bridgehead atoms. The van der Waals surface area contributed by atoms with Gasteiger partial charge < -0.3 is 14.2 Å². The maximum Gasteiger partial charge on any atom is 0.157 e. The first-order valence-electron chi connectivity index (χ1n) is 7.21. The van der Waals surface area contributed by atoms with Gasteiger partial charge in [-0.3, -0.25) is 0 Å². The number of ether oxygens (including phenoxy) is 3. The number of unbranched alkanes of at least 4 members (excludes halogenated alkanes) is 1. The predicted molar refractivity (Wildman–Crippen MR) is 77.0 cm³/mol. The van der Waals surface area contributed by atoms with Crippen LogP contribution in [0.2, 0.25) is 0 Å². The minimum absolute atomic E-state index is 0.0517. The van der Waals surface area contributed by atoms with Crippen molar-refractivity contribution in [1.29, 1.82) is 0 Å². The van der Waals surface area contributed by atoms with E-state index < -0.39 is 0 Å². The van der Waals surface area contributed by atoms with Crippen LogP contribution >= 0.6 is 0 Å². The van der Waals surface area contributed by atoms with Crippen molar-refractivity contribution >= 4 is 0 Å². The Bertz CT molecular complexity index is 294. The lowest BCUT2D eigenvalue weighted by molar-refractivity contribution is -0.140. The minimum Gasteiger partial charge on any atom is -0.377 e. The monoisotopic (exact) mass is 266 g/mol.